The Morgan fingerprint density at radius 2 is 1.87 bits per heavy atom. The molecule has 8 heteroatoms. The molecule has 2 bridgehead atoms. The number of carbonyl (C=O) groups excluding carboxylic acids is 1. The van der Waals surface area contributed by atoms with Crippen LogP contribution in [0.5, 0.6) is 17.4 Å². The molecule has 2 saturated heterocycles. The van der Waals surface area contributed by atoms with E-state index in [1.807, 2.05) is 36.4 Å². The van der Waals surface area contributed by atoms with Crippen molar-refractivity contribution < 1.29 is 14.3 Å². The molecule has 0 spiro atoms. The zero-order valence-corrected chi connectivity index (χ0v) is 18.6. The fraction of sp³-hybridized carbons (Fsp3) is 0.455. The zero-order chi connectivity index (χ0) is 19.3. The Hall–Kier alpha value is -2.02. The van der Waals surface area contributed by atoms with Gasteiger partial charge >= 0.3 is 0 Å². The Balaban J connectivity index is 0.00000160. The van der Waals surface area contributed by atoms with E-state index in [1.54, 1.807) is 13.3 Å². The number of piperidine rings is 1. The third kappa shape index (κ3) is 6.49. The highest BCUT2D eigenvalue weighted by atomic mass is 35.5. The predicted octanol–water partition coefficient (Wildman–Crippen LogP) is 4.26. The minimum Gasteiger partial charge on any atom is -0.497 e. The lowest BCUT2D eigenvalue weighted by atomic mass is 9.89. The van der Waals surface area contributed by atoms with Gasteiger partial charge in [0.2, 0.25) is 11.8 Å². The van der Waals surface area contributed by atoms with Crippen molar-refractivity contribution in [3.8, 4) is 17.4 Å². The van der Waals surface area contributed by atoms with Crippen LogP contribution in [0, 0.1) is 5.92 Å². The average Bonchev–Trinajstić information content (AvgIpc) is 3.06. The Morgan fingerprint density at radius 3 is 2.53 bits per heavy atom. The van der Waals surface area contributed by atoms with Gasteiger partial charge in [-0.3, -0.25) is 4.79 Å². The van der Waals surface area contributed by atoms with Crippen molar-refractivity contribution in [2.45, 2.75) is 50.7 Å². The molecular formula is C22H29Cl2N3O3. The third-order valence-electron chi connectivity index (χ3n) is 5.60. The number of carbonyl (C=O) groups is 1. The molecule has 2 aliphatic heterocycles. The molecule has 0 radical (unpaired) electrons. The molecule has 6 nitrogen and oxygen atoms in total. The van der Waals surface area contributed by atoms with Gasteiger partial charge in [0.05, 0.1) is 7.11 Å². The summed E-state index contributed by atoms with van der Waals surface area (Å²) >= 11 is 0. The van der Waals surface area contributed by atoms with Crippen LogP contribution in [0.25, 0.3) is 0 Å². The number of benzene rings is 1. The largest absolute Gasteiger partial charge is 0.497 e. The normalized spacial score (nSPS) is 21.7. The highest BCUT2D eigenvalue weighted by molar-refractivity contribution is 5.85. The first-order valence-corrected chi connectivity index (χ1v) is 9.97. The second-order valence-electron chi connectivity index (χ2n) is 7.74. The number of nitrogens with zero attached hydrogens (tertiary/aromatic N) is 1. The lowest BCUT2D eigenvalue weighted by molar-refractivity contribution is -0.122. The van der Waals surface area contributed by atoms with Crippen LogP contribution in [0.2, 0.25) is 0 Å². The highest BCUT2D eigenvalue weighted by Crippen LogP contribution is 2.32. The van der Waals surface area contributed by atoms with Gasteiger partial charge in [0, 0.05) is 43.4 Å². The van der Waals surface area contributed by atoms with Gasteiger partial charge in [0.25, 0.3) is 0 Å². The molecule has 30 heavy (non-hydrogen) atoms. The summed E-state index contributed by atoms with van der Waals surface area (Å²) in [4.78, 5) is 16.6. The molecule has 2 aromatic rings. The topological polar surface area (TPSA) is 72.5 Å². The molecule has 1 aromatic heterocycles. The molecule has 2 atom stereocenters. The van der Waals surface area contributed by atoms with Gasteiger partial charge in [-0.1, -0.05) is 12.1 Å². The molecule has 2 unspecified atom stereocenters. The SMILES string of the molecule is COc1cccc(Oc2ccc(CNC(=O)CC3CC4CCC(C3)N4)cn2)c1.Cl.Cl. The number of rotatable bonds is 7. The Labute approximate surface area is 190 Å². The highest BCUT2D eigenvalue weighted by Gasteiger charge is 2.34. The van der Waals surface area contributed by atoms with Gasteiger partial charge in [-0.05, 0) is 49.3 Å². The fourth-order valence-electron chi connectivity index (χ4n) is 4.24. The number of amides is 1. The van der Waals surface area contributed by atoms with Crippen molar-refractivity contribution in [1.82, 2.24) is 15.6 Å². The first-order valence-electron chi connectivity index (χ1n) is 9.97. The van der Waals surface area contributed by atoms with Crippen LogP contribution in [0.4, 0.5) is 0 Å². The van der Waals surface area contributed by atoms with Crippen LogP contribution < -0.4 is 20.1 Å². The quantitative estimate of drug-likeness (QED) is 0.654. The van der Waals surface area contributed by atoms with Crippen LogP contribution >= 0.6 is 24.8 Å². The van der Waals surface area contributed by atoms with Crippen molar-refractivity contribution >= 4 is 30.7 Å². The number of aromatic nitrogens is 1. The standard InChI is InChI=1S/C22H27N3O3.2ClH/c1-27-19-3-2-4-20(12-19)28-22-8-5-15(14-24-22)13-23-21(26)11-16-9-17-6-7-18(10-16)25-17;;/h2-5,8,12,14,16-18,25H,6-7,9-11,13H2,1H3,(H,23,26);2*1H. The maximum atomic E-state index is 12.3. The van der Waals surface area contributed by atoms with E-state index in [-0.39, 0.29) is 30.7 Å². The van der Waals surface area contributed by atoms with E-state index in [4.69, 9.17) is 9.47 Å². The summed E-state index contributed by atoms with van der Waals surface area (Å²) in [6.07, 6.45) is 7.14. The monoisotopic (exact) mass is 453 g/mol. The van der Waals surface area contributed by atoms with E-state index in [1.165, 1.54) is 12.8 Å². The lowest BCUT2D eigenvalue weighted by Crippen LogP contribution is -2.39. The average molecular weight is 454 g/mol. The summed E-state index contributed by atoms with van der Waals surface area (Å²) in [5.41, 5.74) is 0.955. The number of halogens is 2. The third-order valence-corrected chi connectivity index (χ3v) is 5.60. The van der Waals surface area contributed by atoms with Gasteiger partial charge < -0.3 is 20.1 Å². The Bertz CT molecular complexity index is 808. The molecular weight excluding hydrogens is 425 g/mol. The summed E-state index contributed by atoms with van der Waals surface area (Å²) in [5, 5.41) is 6.65. The van der Waals surface area contributed by atoms with Crippen LogP contribution in [-0.2, 0) is 11.3 Å². The van der Waals surface area contributed by atoms with E-state index in [2.05, 4.69) is 15.6 Å². The van der Waals surface area contributed by atoms with E-state index >= 15 is 0 Å². The van der Waals surface area contributed by atoms with Gasteiger partial charge in [-0.2, -0.15) is 0 Å². The van der Waals surface area contributed by atoms with Crippen LogP contribution in [0.1, 0.15) is 37.7 Å². The van der Waals surface area contributed by atoms with Crippen LogP contribution in [0.15, 0.2) is 42.6 Å². The molecule has 0 saturated carbocycles. The molecule has 3 heterocycles. The smallest absolute Gasteiger partial charge is 0.220 e. The molecule has 4 rings (SSSR count). The second-order valence-corrected chi connectivity index (χ2v) is 7.74. The van der Waals surface area contributed by atoms with Crippen molar-refractivity contribution in [1.29, 1.82) is 0 Å². The lowest BCUT2D eigenvalue weighted by Gasteiger charge is -2.28. The first-order chi connectivity index (χ1) is 13.7. The second kappa shape index (κ2) is 11.4. The van der Waals surface area contributed by atoms with Gasteiger partial charge in [-0.15, -0.1) is 24.8 Å². The summed E-state index contributed by atoms with van der Waals surface area (Å²) < 4.78 is 10.9. The van der Waals surface area contributed by atoms with Crippen molar-refractivity contribution in [2.75, 3.05) is 7.11 Å². The van der Waals surface area contributed by atoms with E-state index < -0.39 is 0 Å². The zero-order valence-electron chi connectivity index (χ0n) is 17.0. The Kier molecular flexibility index (Phi) is 9.21. The van der Waals surface area contributed by atoms with Crippen LogP contribution in [0.3, 0.4) is 0 Å². The number of nitrogens with one attached hydrogen (secondary N) is 2. The molecule has 2 aliphatic rings. The fourth-order valence-corrected chi connectivity index (χ4v) is 4.24. The number of fused-ring (bicyclic) bond motifs is 2. The molecule has 164 valence electrons. The van der Waals surface area contributed by atoms with Crippen molar-refractivity contribution in [2.24, 2.45) is 5.92 Å². The maximum Gasteiger partial charge on any atom is 0.220 e. The first kappa shape index (κ1) is 24.3. The predicted molar refractivity (Wildman–Crippen MR) is 121 cm³/mol. The molecule has 0 aliphatic carbocycles. The molecule has 2 N–H and O–H groups in total. The number of pyridine rings is 1. The van der Waals surface area contributed by atoms with E-state index in [9.17, 15) is 4.79 Å². The van der Waals surface area contributed by atoms with Crippen LogP contribution in [-0.4, -0.2) is 30.1 Å². The Morgan fingerprint density at radius 1 is 1.13 bits per heavy atom. The molecule has 2 fully saturated rings. The van der Waals surface area contributed by atoms with Gasteiger partial charge in [0.15, 0.2) is 0 Å². The number of hydrogen-bond donors (Lipinski definition) is 2. The number of methoxy groups -OCH3 is 1. The van der Waals surface area contributed by atoms with E-state index in [0.29, 0.717) is 42.6 Å². The number of hydrogen-bond acceptors (Lipinski definition) is 5. The van der Waals surface area contributed by atoms with Gasteiger partial charge in [0.1, 0.15) is 11.5 Å². The molecule has 1 aromatic carbocycles. The molecule has 1 amide bonds. The summed E-state index contributed by atoms with van der Waals surface area (Å²) in [6.45, 7) is 0.489. The minimum atomic E-state index is 0. The van der Waals surface area contributed by atoms with E-state index in [0.717, 1.165) is 24.2 Å². The maximum absolute atomic E-state index is 12.3. The summed E-state index contributed by atoms with van der Waals surface area (Å²) in [5.74, 6) is 2.55. The summed E-state index contributed by atoms with van der Waals surface area (Å²) in [7, 11) is 1.62. The minimum absolute atomic E-state index is 0. The summed E-state index contributed by atoms with van der Waals surface area (Å²) in [6, 6.07) is 12.4. The van der Waals surface area contributed by atoms with Gasteiger partial charge in [-0.25, -0.2) is 4.98 Å². The number of ether oxygens (including phenoxy) is 2. The van der Waals surface area contributed by atoms with Crippen molar-refractivity contribution in [3.05, 3.63) is 48.2 Å². The van der Waals surface area contributed by atoms with Crippen molar-refractivity contribution in [3.63, 3.8) is 0 Å².